The summed E-state index contributed by atoms with van der Waals surface area (Å²) in [4.78, 5) is 10.4. The van der Waals surface area contributed by atoms with Crippen molar-refractivity contribution in [2.75, 3.05) is 0 Å². The molecular formula is C7H7NO2S. The number of carbonyl (C=O) groups is 1. The Kier molecular flexibility index (Phi) is 2.05. The monoisotopic (exact) mass is 169 g/mol. The molecule has 0 radical (unpaired) electrons. The summed E-state index contributed by atoms with van der Waals surface area (Å²) in [6.07, 6.45) is 1.49. The van der Waals surface area contributed by atoms with E-state index >= 15 is 0 Å². The zero-order chi connectivity index (χ0) is 8.43. The molecule has 1 rings (SSSR count). The highest BCUT2D eigenvalue weighted by Gasteiger charge is 2.00. The Labute approximate surface area is 68.9 Å². The van der Waals surface area contributed by atoms with Crippen LogP contribution in [0.5, 0.6) is 0 Å². The van der Waals surface area contributed by atoms with Crippen LogP contribution in [0.4, 0.5) is 0 Å². The standard InChI is InChI=1S/C7H7NO2S/c1-8-4-5(7(9)10)2-3-6(8)11/h2-4H,1H3,(H,9,10). The molecule has 0 aliphatic carbocycles. The summed E-state index contributed by atoms with van der Waals surface area (Å²) in [6.45, 7) is 0. The Balaban J connectivity index is 3.26. The number of carboxylic acids is 1. The third-order valence-electron chi connectivity index (χ3n) is 1.33. The highest BCUT2D eigenvalue weighted by molar-refractivity contribution is 7.71. The molecule has 0 unspecified atom stereocenters. The molecule has 0 bridgehead atoms. The third kappa shape index (κ3) is 1.65. The number of aryl methyl sites for hydroxylation is 1. The lowest BCUT2D eigenvalue weighted by Gasteiger charge is -1.98. The number of rotatable bonds is 1. The Bertz CT molecular complexity index is 343. The molecular weight excluding hydrogens is 162 g/mol. The zero-order valence-corrected chi connectivity index (χ0v) is 6.76. The smallest absolute Gasteiger partial charge is 0.337 e. The Morgan fingerprint density at radius 2 is 2.27 bits per heavy atom. The van der Waals surface area contributed by atoms with Gasteiger partial charge in [0.05, 0.1) is 5.56 Å². The van der Waals surface area contributed by atoms with E-state index in [1.807, 2.05) is 0 Å². The van der Waals surface area contributed by atoms with E-state index in [-0.39, 0.29) is 5.56 Å². The minimum Gasteiger partial charge on any atom is -0.478 e. The first-order valence-electron chi connectivity index (χ1n) is 3.01. The molecule has 1 aromatic rings. The molecule has 4 heteroatoms. The maximum absolute atomic E-state index is 10.4. The van der Waals surface area contributed by atoms with Gasteiger partial charge in [0.1, 0.15) is 4.64 Å². The SMILES string of the molecule is Cn1cc(C(=O)O)ccc1=S. The molecule has 0 amide bonds. The van der Waals surface area contributed by atoms with Crippen molar-refractivity contribution < 1.29 is 9.90 Å². The van der Waals surface area contributed by atoms with Crippen molar-refractivity contribution in [1.29, 1.82) is 0 Å². The van der Waals surface area contributed by atoms with E-state index in [1.165, 1.54) is 12.3 Å². The Morgan fingerprint density at radius 1 is 1.64 bits per heavy atom. The van der Waals surface area contributed by atoms with Crippen molar-refractivity contribution in [3.63, 3.8) is 0 Å². The van der Waals surface area contributed by atoms with Crippen molar-refractivity contribution in [1.82, 2.24) is 4.57 Å². The molecule has 0 aliphatic heterocycles. The van der Waals surface area contributed by atoms with Gasteiger partial charge in [-0.05, 0) is 12.1 Å². The average Bonchev–Trinajstić information content (AvgIpc) is 1.94. The van der Waals surface area contributed by atoms with E-state index in [0.29, 0.717) is 4.64 Å². The van der Waals surface area contributed by atoms with Crippen molar-refractivity contribution in [3.8, 4) is 0 Å². The highest BCUT2D eigenvalue weighted by Crippen LogP contribution is 1.98. The zero-order valence-electron chi connectivity index (χ0n) is 5.94. The maximum Gasteiger partial charge on any atom is 0.337 e. The van der Waals surface area contributed by atoms with Crippen LogP contribution >= 0.6 is 12.2 Å². The quantitative estimate of drug-likeness (QED) is 0.647. The third-order valence-corrected chi connectivity index (χ3v) is 1.76. The second kappa shape index (κ2) is 2.84. The fourth-order valence-corrected chi connectivity index (χ4v) is 0.841. The fraction of sp³-hybridized carbons (Fsp3) is 0.143. The summed E-state index contributed by atoms with van der Waals surface area (Å²) in [6, 6.07) is 3.09. The van der Waals surface area contributed by atoms with Crippen molar-refractivity contribution in [3.05, 3.63) is 28.5 Å². The number of aromatic carboxylic acids is 1. The highest BCUT2D eigenvalue weighted by atomic mass is 32.1. The number of nitrogens with zero attached hydrogens (tertiary/aromatic N) is 1. The van der Waals surface area contributed by atoms with Crippen LogP contribution in [-0.2, 0) is 7.05 Å². The summed E-state index contributed by atoms with van der Waals surface area (Å²) in [7, 11) is 1.72. The molecule has 1 N–H and O–H groups in total. The van der Waals surface area contributed by atoms with E-state index in [9.17, 15) is 4.79 Å². The predicted octanol–water partition coefficient (Wildman–Crippen LogP) is 1.45. The lowest BCUT2D eigenvalue weighted by atomic mass is 10.3. The summed E-state index contributed by atoms with van der Waals surface area (Å²) in [5.74, 6) is -0.935. The number of carboxylic acid groups (broad SMARTS) is 1. The summed E-state index contributed by atoms with van der Waals surface area (Å²) in [5.41, 5.74) is 0.251. The lowest BCUT2D eigenvalue weighted by Crippen LogP contribution is -2.00. The second-order valence-corrected chi connectivity index (χ2v) is 2.59. The van der Waals surface area contributed by atoms with E-state index in [2.05, 4.69) is 0 Å². The van der Waals surface area contributed by atoms with Gasteiger partial charge in [0, 0.05) is 13.2 Å². The van der Waals surface area contributed by atoms with Crippen molar-refractivity contribution >= 4 is 18.2 Å². The van der Waals surface area contributed by atoms with Crippen LogP contribution in [0.25, 0.3) is 0 Å². The van der Waals surface area contributed by atoms with Gasteiger partial charge in [-0.1, -0.05) is 12.2 Å². The van der Waals surface area contributed by atoms with Gasteiger partial charge in [0.15, 0.2) is 0 Å². The number of hydrogen-bond donors (Lipinski definition) is 1. The van der Waals surface area contributed by atoms with Gasteiger partial charge in [-0.3, -0.25) is 0 Å². The topological polar surface area (TPSA) is 42.2 Å². The van der Waals surface area contributed by atoms with Crippen LogP contribution in [0.15, 0.2) is 18.3 Å². The molecule has 0 aliphatic rings. The summed E-state index contributed by atoms with van der Waals surface area (Å²) >= 11 is 4.87. The van der Waals surface area contributed by atoms with E-state index in [1.54, 1.807) is 17.7 Å². The van der Waals surface area contributed by atoms with Crippen LogP contribution in [0.1, 0.15) is 10.4 Å². The van der Waals surface area contributed by atoms with E-state index in [0.717, 1.165) is 0 Å². The molecule has 0 saturated carbocycles. The van der Waals surface area contributed by atoms with E-state index in [4.69, 9.17) is 17.3 Å². The van der Waals surface area contributed by atoms with Gasteiger partial charge in [-0.25, -0.2) is 4.79 Å². The van der Waals surface area contributed by atoms with Gasteiger partial charge >= 0.3 is 5.97 Å². The molecule has 11 heavy (non-hydrogen) atoms. The van der Waals surface area contributed by atoms with Gasteiger partial charge in [0.2, 0.25) is 0 Å². The minimum atomic E-state index is -0.935. The fourth-order valence-electron chi connectivity index (χ4n) is 0.720. The molecule has 0 aromatic carbocycles. The normalized spacial score (nSPS) is 9.55. The molecule has 0 fully saturated rings. The molecule has 3 nitrogen and oxygen atoms in total. The Hall–Kier alpha value is -1.16. The van der Waals surface area contributed by atoms with Crippen LogP contribution < -0.4 is 0 Å². The van der Waals surface area contributed by atoms with Crippen molar-refractivity contribution in [2.45, 2.75) is 0 Å². The van der Waals surface area contributed by atoms with Crippen LogP contribution in [0, 0.1) is 4.64 Å². The molecule has 0 atom stereocenters. The molecule has 0 saturated heterocycles. The number of hydrogen-bond acceptors (Lipinski definition) is 2. The lowest BCUT2D eigenvalue weighted by molar-refractivity contribution is 0.0696. The molecule has 0 spiro atoms. The number of aromatic nitrogens is 1. The predicted molar refractivity (Wildman–Crippen MR) is 43.2 cm³/mol. The van der Waals surface area contributed by atoms with E-state index < -0.39 is 5.97 Å². The van der Waals surface area contributed by atoms with Gasteiger partial charge in [-0.2, -0.15) is 0 Å². The largest absolute Gasteiger partial charge is 0.478 e. The second-order valence-electron chi connectivity index (χ2n) is 2.17. The average molecular weight is 169 g/mol. The Morgan fingerprint density at radius 3 is 2.73 bits per heavy atom. The summed E-state index contributed by atoms with van der Waals surface area (Å²) in [5, 5.41) is 8.55. The van der Waals surface area contributed by atoms with Gasteiger partial charge < -0.3 is 9.67 Å². The number of pyridine rings is 1. The minimum absolute atomic E-state index is 0.251. The first-order valence-corrected chi connectivity index (χ1v) is 3.42. The van der Waals surface area contributed by atoms with Crippen molar-refractivity contribution in [2.24, 2.45) is 7.05 Å². The first-order chi connectivity index (χ1) is 5.11. The van der Waals surface area contributed by atoms with Crippen LogP contribution in [-0.4, -0.2) is 15.6 Å². The van der Waals surface area contributed by atoms with Crippen LogP contribution in [0.3, 0.4) is 0 Å². The van der Waals surface area contributed by atoms with Crippen LogP contribution in [0.2, 0.25) is 0 Å². The molecule has 1 heterocycles. The van der Waals surface area contributed by atoms with Gasteiger partial charge in [0.25, 0.3) is 0 Å². The summed E-state index contributed by atoms with van der Waals surface area (Å²) < 4.78 is 2.22. The van der Waals surface area contributed by atoms with Gasteiger partial charge in [-0.15, -0.1) is 0 Å². The molecule has 1 aromatic heterocycles. The molecule has 58 valence electrons. The maximum atomic E-state index is 10.4. The first kappa shape index (κ1) is 7.94.